The Labute approximate surface area is 420 Å². The predicted octanol–water partition coefficient (Wildman–Crippen LogP) is 7.66. The summed E-state index contributed by atoms with van der Waals surface area (Å²) in [4.78, 5) is 13.9. The van der Waals surface area contributed by atoms with Crippen molar-refractivity contribution in [3.8, 4) is 0 Å². The van der Waals surface area contributed by atoms with E-state index in [0.29, 0.717) is 0 Å². The Morgan fingerprint density at radius 2 is 0.800 bits per heavy atom. The number of hydrogen-bond acceptors (Lipinski definition) is 8. The lowest BCUT2D eigenvalue weighted by molar-refractivity contribution is -0.236. The zero-order valence-electron chi connectivity index (χ0n) is 42.6. The van der Waals surface area contributed by atoms with Crippen LogP contribution in [-0.2, 0) is 37.1 Å². The molecule has 0 aliphatic carbocycles. The van der Waals surface area contributed by atoms with Crippen LogP contribution in [0, 0.1) is 0 Å². The number of rotatable bonds is 16. The number of ether oxygens (including phenoxy) is 1. The molecule has 1 saturated heterocycles. The molecule has 6 aromatic rings. The van der Waals surface area contributed by atoms with Crippen LogP contribution in [0.1, 0.15) is 69.2 Å². The molecule has 0 spiro atoms. The van der Waals surface area contributed by atoms with E-state index in [4.69, 9.17) is 22.2 Å². The first-order chi connectivity index (χ1) is 33.0. The maximum absolute atomic E-state index is 14.0. The van der Waals surface area contributed by atoms with Crippen LogP contribution < -0.4 is 36.4 Å². The van der Waals surface area contributed by atoms with Crippen LogP contribution in [0.4, 0.5) is 0 Å². The van der Waals surface area contributed by atoms with Gasteiger partial charge in [0, 0.05) is 6.92 Å². The zero-order valence-corrected chi connectivity index (χ0v) is 46.4. The van der Waals surface area contributed by atoms with Crippen LogP contribution in [0.2, 0.25) is 15.1 Å². The highest BCUT2D eigenvalue weighted by molar-refractivity contribution is 7.86. The molecule has 9 nitrogen and oxygen atoms in total. The van der Waals surface area contributed by atoms with Crippen molar-refractivity contribution < 1.29 is 35.4 Å². The van der Waals surface area contributed by atoms with E-state index in [2.05, 4.69) is 140 Å². The largest absolute Gasteiger partial charge is 0.405 e. The second kappa shape index (κ2) is 21.1. The van der Waals surface area contributed by atoms with Gasteiger partial charge < -0.3 is 23.3 Å². The van der Waals surface area contributed by atoms with Gasteiger partial charge in [0.1, 0.15) is 24.4 Å². The molecular weight excluding hydrogens is 943 g/mol. The molecule has 0 aromatic heterocycles. The number of amides is 1. The van der Waals surface area contributed by atoms with Crippen LogP contribution in [0.3, 0.4) is 0 Å². The molecule has 70 heavy (non-hydrogen) atoms. The molecule has 0 saturated carbocycles. The molecule has 370 valence electrons. The minimum absolute atomic E-state index is 0.110. The highest BCUT2D eigenvalue weighted by Crippen LogP contribution is 2.44. The van der Waals surface area contributed by atoms with E-state index in [1.807, 2.05) is 109 Å². The van der Waals surface area contributed by atoms with Crippen LogP contribution in [-0.4, -0.2) is 82.8 Å². The van der Waals surface area contributed by atoms with Gasteiger partial charge in [-0.25, -0.2) is 0 Å². The van der Waals surface area contributed by atoms with E-state index in [-0.39, 0.29) is 12.5 Å². The first-order valence-corrected chi connectivity index (χ1v) is 31.7. The minimum atomic E-state index is -4.24. The molecule has 1 heterocycles. The molecule has 13 heteroatoms. The normalized spacial score (nSPS) is 19.6. The average molecular weight is 1010 g/mol. The van der Waals surface area contributed by atoms with E-state index < -0.39 is 80.8 Å². The summed E-state index contributed by atoms with van der Waals surface area (Å²) in [6, 6.07) is 60.3. The molecule has 0 bridgehead atoms. The molecule has 0 radical (unpaired) electrons. The van der Waals surface area contributed by atoms with E-state index >= 15 is 0 Å². The van der Waals surface area contributed by atoms with Crippen molar-refractivity contribution in [2.75, 3.05) is 12.9 Å². The van der Waals surface area contributed by atoms with Crippen LogP contribution >= 0.6 is 0 Å². The number of carbonyl (C=O) groups excluding carboxylic acids is 1. The fourth-order valence-electron chi connectivity index (χ4n) is 10.7. The van der Waals surface area contributed by atoms with Gasteiger partial charge >= 0.3 is 0 Å². The molecule has 1 aliphatic rings. The van der Waals surface area contributed by atoms with Gasteiger partial charge in [-0.2, -0.15) is 8.42 Å². The van der Waals surface area contributed by atoms with Crippen molar-refractivity contribution in [2.45, 2.75) is 115 Å². The van der Waals surface area contributed by atoms with Crippen molar-refractivity contribution in [2.24, 2.45) is 0 Å². The molecule has 0 unspecified atom stereocenters. The van der Waals surface area contributed by atoms with Gasteiger partial charge in [-0.3, -0.25) is 8.98 Å². The molecular formula is C57H71NO8SSi3. The summed E-state index contributed by atoms with van der Waals surface area (Å²) in [6.45, 7) is 21.0. The smallest absolute Gasteiger partial charge is 0.264 e. The van der Waals surface area contributed by atoms with Crippen LogP contribution in [0.5, 0.6) is 0 Å². The Morgan fingerprint density at radius 1 is 0.500 bits per heavy atom. The maximum Gasteiger partial charge on any atom is 0.264 e. The van der Waals surface area contributed by atoms with Crippen molar-refractivity contribution in [3.05, 3.63) is 182 Å². The van der Waals surface area contributed by atoms with Gasteiger partial charge in [0.05, 0.1) is 12.9 Å². The first kappa shape index (κ1) is 53.0. The topological polar surface area (TPSA) is 109 Å². The third-order valence-corrected chi connectivity index (χ3v) is 29.2. The quantitative estimate of drug-likeness (QED) is 0.0779. The first-order valence-electron chi connectivity index (χ1n) is 24.2. The lowest BCUT2D eigenvalue weighted by Crippen LogP contribution is -2.76. The van der Waals surface area contributed by atoms with Crippen molar-refractivity contribution in [1.29, 1.82) is 0 Å². The Kier molecular flexibility index (Phi) is 16.0. The number of benzene rings is 6. The summed E-state index contributed by atoms with van der Waals surface area (Å²) in [5.74, 6) is -0.374. The summed E-state index contributed by atoms with van der Waals surface area (Å²) < 4.78 is 65.4. The molecule has 1 amide bonds. The third-order valence-electron chi connectivity index (χ3n) is 13.6. The van der Waals surface area contributed by atoms with Gasteiger partial charge in [-0.1, -0.05) is 244 Å². The highest BCUT2D eigenvalue weighted by Gasteiger charge is 2.61. The second-order valence-corrected chi connectivity index (χ2v) is 35.9. The fourth-order valence-corrected chi connectivity index (χ4v) is 25.2. The standard InChI is InChI=1S/C57H71NO8SSi3/c1-43(59)58-51-53(65-69(56(5,6)7,46-34-22-14-23-35-46)47-36-24-15-25-37-47)52(64-67(11,60)61)50(42-62-68(55(2,3)4,44-30-18-12-19-31-44)45-32-20-13-21-33-45)63-54(51)66-70(57(8,9)10,48-38-26-16-27-39-48)49-40-28-17-29-41-49/h12-41,50-54H,42H2,1-11H3,(H,58,59)/t50-,51-,52-,53-,54+/m1/s1. The Bertz CT molecular complexity index is 2620. The van der Waals surface area contributed by atoms with Crippen LogP contribution in [0.25, 0.3) is 0 Å². The Morgan fingerprint density at radius 3 is 1.09 bits per heavy atom. The molecule has 1 aliphatic heterocycles. The summed E-state index contributed by atoms with van der Waals surface area (Å²) in [6.07, 6.45) is -3.82. The van der Waals surface area contributed by atoms with Gasteiger partial charge in [0.2, 0.25) is 5.91 Å². The van der Waals surface area contributed by atoms with E-state index in [1.54, 1.807) is 0 Å². The second-order valence-electron chi connectivity index (χ2n) is 21.5. The van der Waals surface area contributed by atoms with Crippen molar-refractivity contribution in [1.82, 2.24) is 5.32 Å². The van der Waals surface area contributed by atoms with Gasteiger partial charge in [-0.15, -0.1) is 0 Å². The summed E-state index contributed by atoms with van der Waals surface area (Å²) in [5.41, 5.74) is 0. The number of carbonyl (C=O) groups is 1. The average Bonchev–Trinajstić information content (AvgIpc) is 3.31. The molecule has 5 atom stereocenters. The van der Waals surface area contributed by atoms with Crippen molar-refractivity contribution in [3.63, 3.8) is 0 Å². The highest BCUT2D eigenvalue weighted by atomic mass is 32.2. The minimum Gasteiger partial charge on any atom is -0.405 e. The molecule has 7 rings (SSSR count). The van der Waals surface area contributed by atoms with Gasteiger partial charge in [-0.05, 0) is 46.2 Å². The van der Waals surface area contributed by atoms with E-state index in [9.17, 15) is 13.2 Å². The fraction of sp³-hybridized carbons (Fsp3) is 0.351. The molecule has 6 aromatic carbocycles. The summed E-state index contributed by atoms with van der Waals surface area (Å²) >= 11 is 0. The summed E-state index contributed by atoms with van der Waals surface area (Å²) in [7, 11) is -14.6. The zero-order chi connectivity index (χ0) is 50.6. The van der Waals surface area contributed by atoms with Gasteiger partial charge in [0.15, 0.2) is 6.29 Å². The van der Waals surface area contributed by atoms with Gasteiger partial charge in [0.25, 0.3) is 35.1 Å². The lowest BCUT2D eigenvalue weighted by atomic mass is 9.97. The third kappa shape index (κ3) is 10.7. The monoisotopic (exact) mass is 1010 g/mol. The molecule has 1 fully saturated rings. The number of hydrogen-bond donors (Lipinski definition) is 1. The van der Waals surface area contributed by atoms with Crippen LogP contribution in [0.15, 0.2) is 182 Å². The molecule has 1 N–H and O–H groups in total. The SMILES string of the molecule is CC(=O)N[C@H]1[C@H](O[Si](c2ccccc2)(c2ccccc2)C(C)(C)C)O[C@H](CO[Si](c2ccccc2)(c2ccccc2)C(C)(C)C)[C@@H](OS(C)(=O)=O)[C@@H]1O[Si](c1ccccc1)(c1ccccc1)C(C)(C)C. The van der Waals surface area contributed by atoms with E-state index in [1.165, 1.54) is 6.92 Å². The predicted molar refractivity (Wildman–Crippen MR) is 291 cm³/mol. The lowest BCUT2D eigenvalue weighted by Gasteiger charge is -2.54. The summed E-state index contributed by atoms with van der Waals surface area (Å²) in [5, 5.41) is 7.72. The maximum atomic E-state index is 14.0. The van der Waals surface area contributed by atoms with Crippen molar-refractivity contribution >= 4 is 72.1 Å². The Hall–Kier alpha value is -4.81. The number of nitrogens with one attached hydrogen (secondary N) is 1. The van der Waals surface area contributed by atoms with E-state index in [0.717, 1.165) is 37.4 Å². The Balaban J connectivity index is 1.54.